The maximum Gasteiger partial charge on any atom is 0.0133 e. The van der Waals surface area contributed by atoms with Gasteiger partial charge in [0.1, 0.15) is 0 Å². The molecular formula is C13H28N2. The fourth-order valence-corrected chi connectivity index (χ4v) is 2.20. The molecule has 2 heteroatoms. The highest BCUT2D eigenvalue weighted by molar-refractivity contribution is 4.65. The van der Waals surface area contributed by atoms with E-state index in [9.17, 15) is 0 Å². The van der Waals surface area contributed by atoms with Crippen molar-refractivity contribution < 1.29 is 0 Å². The van der Waals surface area contributed by atoms with Gasteiger partial charge in [-0.05, 0) is 31.1 Å². The Hall–Kier alpha value is -0.0800. The van der Waals surface area contributed by atoms with Crippen molar-refractivity contribution in [2.75, 3.05) is 26.7 Å². The van der Waals surface area contributed by atoms with E-state index < -0.39 is 0 Å². The Bertz CT molecular complexity index is 166. The van der Waals surface area contributed by atoms with E-state index >= 15 is 0 Å². The van der Waals surface area contributed by atoms with Crippen molar-refractivity contribution in [3.8, 4) is 0 Å². The van der Waals surface area contributed by atoms with Gasteiger partial charge < -0.3 is 0 Å². The standard InChI is InChI=1S/C13H28N2/c1-13(2,3)9-8-10-14(4)15-11-6-5-7-12-15/h5-12H2,1-4H3. The Kier molecular flexibility index (Phi) is 5.07. The van der Waals surface area contributed by atoms with Gasteiger partial charge in [-0.3, -0.25) is 0 Å². The van der Waals surface area contributed by atoms with E-state index in [-0.39, 0.29) is 0 Å². The van der Waals surface area contributed by atoms with E-state index in [1.807, 2.05) is 0 Å². The van der Waals surface area contributed by atoms with Crippen LogP contribution in [0.2, 0.25) is 0 Å². The summed E-state index contributed by atoms with van der Waals surface area (Å²) >= 11 is 0. The van der Waals surface area contributed by atoms with Crippen LogP contribution in [0.5, 0.6) is 0 Å². The second-order valence-electron chi connectivity index (χ2n) is 6.06. The second-order valence-corrected chi connectivity index (χ2v) is 6.06. The predicted molar refractivity (Wildman–Crippen MR) is 66.7 cm³/mol. The quantitative estimate of drug-likeness (QED) is 0.706. The minimum Gasteiger partial charge on any atom is -0.245 e. The van der Waals surface area contributed by atoms with Crippen LogP contribution in [0.25, 0.3) is 0 Å². The van der Waals surface area contributed by atoms with Crippen LogP contribution in [-0.4, -0.2) is 36.7 Å². The molecule has 0 bridgehead atoms. The molecule has 1 aliphatic heterocycles. The number of nitrogens with zero attached hydrogens (tertiary/aromatic N) is 2. The number of hydrogen-bond donors (Lipinski definition) is 0. The lowest BCUT2D eigenvalue weighted by Gasteiger charge is -2.35. The second kappa shape index (κ2) is 5.86. The van der Waals surface area contributed by atoms with E-state index in [1.54, 1.807) is 0 Å². The van der Waals surface area contributed by atoms with E-state index in [2.05, 4.69) is 37.8 Å². The average molecular weight is 212 g/mol. The van der Waals surface area contributed by atoms with Crippen molar-refractivity contribution in [2.24, 2.45) is 5.41 Å². The van der Waals surface area contributed by atoms with Crippen LogP contribution in [0.4, 0.5) is 0 Å². The van der Waals surface area contributed by atoms with Crippen LogP contribution in [0.1, 0.15) is 52.9 Å². The van der Waals surface area contributed by atoms with Crippen LogP contribution in [0.15, 0.2) is 0 Å². The number of piperidine rings is 1. The molecule has 0 amide bonds. The lowest BCUT2D eigenvalue weighted by Crippen LogP contribution is -2.43. The fourth-order valence-electron chi connectivity index (χ4n) is 2.20. The summed E-state index contributed by atoms with van der Waals surface area (Å²) < 4.78 is 0. The van der Waals surface area contributed by atoms with Crippen LogP contribution in [0, 0.1) is 5.41 Å². The third-order valence-corrected chi connectivity index (χ3v) is 3.22. The summed E-state index contributed by atoms with van der Waals surface area (Å²) in [7, 11) is 2.24. The van der Waals surface area contributed by atoms with Crippen molar-refractivity contribution in [3.63, 3.8) is 0 Å². The molecule has 1 aliphatic rings. The zero-order chi connectivity index (χ0) is 11.3. The maximum atomic E-state index is 2.52. The highest BCUT2D eigenvalue weighted by Gasteiger charge is 2.15. The lowest BCUT2D eigenvalue weighted by molar-refractivity contribution is -0.0186. The summed E-state index contributed by atoms with van der Waals surface area (Å²) in [5.41, 5.74) is 0.489. The van der Waals surface area contributed by atoms with Gasteiger partial charge in [0.05, 0.1) is 0 Å². The maximum absolute atomic E-state index is 2.52. The molecule has 0 spiro atoms. The summed E-state index contributed by atoms with van der Waals surface area (Å²) in [5.74, 6) is 0. The summed E-state index contributed by atoms with van der Waals surface area (Å²) in [6.07, 6.45) is 6.82. The molecule has 1 fully saturated rings. The first-order chi connectivity index (χ1) is 6.99. The lowest BCUT2D eigenvalue weighted by atomic mass is 9.91. The molecule has 0 aromatic rings. The molecule has 1 rings (SSSR count). The molecule has 2 nitrogen and oxygen atoms in total. The summed E-state index contributed by atoms with van der Waals surface area (Å²) in [5, 5.41) is 4.96. The third-order valence-electron chi connectivity index (χ3n) is 3.22. The Morgan fingerprint density at radius 3 is 2.20 bits per heavy atom. The fraction of sp³-hybridized carbons (Fsp3) is 1.00. The van der Waals surface area contributed by atoms with Gasteiger partial charge in [0, 0.05) is 26.7 Å². The van der Waals surface area contributed by atoms with Gasteiger partial charge in [-0.15, -0.1) is 0 Å². The first kappa shape index (κ1) is 13.0. The van der Waals surface area contributed by atoms with E-state index in [4.69, 9.17) is 0 Å². The van der Waals surface area contributed by atoms with Gasteiger partial charge in [-0.2, -0.15) is 0 Å². The number of hydrazine groups is 1. The highest BCUT2D eigenvalue weighted by atomic mass is 15.6. The third kappa shape index (κ3) is 5.53. The average Bonchev–Trinajstić information content (AvgIpc) is 2.17. The molecule has 0 atom stereocenters. The van der Waals surface area contributed by atoms with Gasteiger partial charge in [0.25, 0.3) is 0 Å². The Morgan fingerprint density at radius 2 is 1.67 bits per heavy atom. The first-order valence-corrected chi connectivity index (χ1v) is 6.45. The molecule has 0 radical (unpaired) electrons. The molecule has 0 saturated carbocycles. The monoisotopic (exact) mass is 212 g/mol. The minimum atomic E-state index is 0.489. The van der Waals surface area contributed by atoms with Gasteiger partial charge in [-0.25, -0.2) is 10.0 Å². The largest absolute Gasteiger partial charge is 0.245 e. The molecule has 0 aliphatic carbocycles. The van der Waals surface area contributed by atoms with Crippen LogP contribution in [-0.2, 0) is 0 Å². The Balaban J connectivity index is 2.14. The minimum absolute atomic E-state index is 0.489. The molecular weight excluding hydrogens is 184 g/mol. The van der Waals surface area contributed by atoms with Crippen molar-refractivity contribution in [1.82, 2.24) is 10.0 Å². The molecule has 90 valence electrons. The number of rotatable bonds is 4. The molecule has 0 aromatic heterocycles. The van der Waals surface area contributed by atoms with Gasteiger partial charge in [0.2, 0.25) is 0 Å². The normalized spacial score (nSPS) is 19.8. The summed E-state index contributed by atoms with van der Waals surface area (Å²) in [6, 6.07) is 0. The van der Waals surface area contributed by atoms with Gasteiger partial charge in [-0.1, -0.05) is 27.2 Å². The van der Waals surface area contributed by atoms with Crippen molar-refractivity contribution >= 4 is 0 Å². The predicted octanol–water partition coefficient (Wildman–Crippen LogP) is 3.15. The van der Waals surface area contributed by atoms with E-state index in [1.165, 1.54) is 51.7 Å². The highest BCUT2D eigenvalue weighted by Crippen LogP contribution is 2.21. The molecule has 0 N–H and O–H groups in total. The van der Waals surface area contributed by atoms with Crippen LogP contribution in [0.3, 0.4) is 0 Å². The van der Waals surface area contributed by atoms with E-state index in [0.29, 0.717) is 5.41 Å². The van der Waals surface area contributed by atoms with E-state index in [0.717, 1.165) is 0 Å². The zero-order valence-corrected chi connectivity index (χ0v) is 11.1. The molecule has 15 heavy (non-hydrogen) atoms. The first-order valence-electron chi connectivity index (χ1n) is 6.45. The molecule has 0 aromatic carbocycles. The van der Waals surface area contributed by atoms with Crippen molar-refractivity contribution in [2.45, 2.75) is 52.9 Å². The van der Waals surface area contributed by atoms with Crippen molar-refractivity contribution in [3.05, 3.63) is 0 Å². The summed E-state index contributed by atoms with van der Waals surface area (Å²) in [6.45, 7) is 10.7. The Labute approximate surface area is 95.6 Å². The van der Waals surface area contributed by atoms with Gasteiger partial charge >= 0.3 is 0 Å². The molecule has 1 saturated heterocycles. The topological polar surface area (TPSA) is 6.48 Å². The molecule has 0 unspecified atom stereocenters. The van der Waals surface area contributed by atoms with Crippen LogP contribution < -0.4 is 0 Å². The van der Waals surface area contributed by atoms with Gasteiger partial charge in [0.15, 0.2) is 0 Å². The Morgan fingerprint density at radius 1 is 1.07 bits per heavy atom. The summed E-state index contributed by atoms with van der Waals surface area (Å²) in [4.78, 5) is 0. The smallest absolute Gasteiger partial charge is 0.0133 e. The zero-order valence-electron chi connectivity index (χ0n) is 11.1. The SMILES string of the molecule is CN(CCCC(C)(C)C)N1CCCCC1. The van der Waals surface area contributed by atoms with Crippen LogP contribution >= 0.6 is 0 Å². The number of hydrogen-bond acceptors (Lipinski definition) is 2. The van der Waals surface area contributed by atoms with Crippen molar-refractivity contribution in [1.29, 1.82) is 0 Å². The molecule has 1 heterocycles.